The van der Waals surface area contributed by atoms with Crippen LogP contribution in [0.2, 0.25) is 0 Å². The Hall–Kier alpha value is -0.920. The van der Waals surface area contributed by atoms with E-state index in [9.17, 15) is 8.42 Å². The summed E-state index contributed by atoms with van der Waals surface area (Å²) in [4.78, 5) is 6.42. The molecule has 2 saturated heterocycles. The van der Waals surface area contributed by atoms with Crippen LogP contribution in [0.5, 0.6) is 0 Å². The van der Waals surface area contributed by atoms with Crippen LogP contribution in [-0.2, 0) is 10.0 Å². The summed E-state index contributed by atoms with van der Waals surface area (Å²) in [5.41, 5.74) is 0. The van der Waals surface area contributed by atoms with Crippen molar-refractivity contribution < 1.29 is 8.42 Å². The van der Waals surface area contributed by atoms with Gasteiger partial charge in [0.05, 0.1) is 12.5 Å². The molecule has 2 N–H and O–H groups in total. The molecule has 2 aliphatic rings. The second kappa shape index (κ2) is 3.54. The van der Waals surface area contributed by atoms with E-state index < -0.39 is 10.0 Å². The average molecular weight is 242 g/mol. The Morgan fingerprint density at radius 3 is 2.56 bits per heavy atom. The van der Waals surface area contributed by atoms with Gasteiger partial charge in [0.2, 0.25) is 0 Å². The molecule has 6 nitrogen and oxygen atoms in total. The molecule has 2 aliphatic heterocycles. The Bertz CT molecular complexity index is 458. The topological polar surface area (TPSA) is 78.1 Å². The zero-order valence-corrected chi connectivity index (χ0v) is 9.57. The highest BCUT2D eigenvalue weighted by Crippen LogP contribution is 2.29. The Labute approximate surface area is 94.1 Å². The molecule has 0 aromatic carbocycles. The number of imidazole rings is 1. The van der Waals surface area contributed by atoms with Crippen LogP contribution in [-0.4, -0.2) is 48.9 Å². The quantitative estimate of drug-likeness (QED) is 0.715. The number of nitrogens with one attached hydrogen (secondary N) is 2. The van der Waals surface area contributed by atoms with Crippen LogP contribution >= 0.6 is 0 Å². The summed E-state index contributed by atoms with van der Waals surface area (Å²) in [6.07, 6.45) is 2.76. The highest BCUT2D eigenvalue weighted by molar-refractivity contribution is 7.89. The minimum Gasteiger partial charge on any atom is -0.335 e. The van der Waals surface area contributed by atoms with Gasteiger partial charge in [-0.05, 0) is 24.9 Å². The van der Waals surface area contributed by atoms with E-state index in [0.717, 1.165) is 13.1 Å². The van der Waals surface area contributed by atoms with Crippen LogP contribution in [0.15, 0.2) is 17.6 Å². The largest absolute Gasteiger partial charge is 0.335 e. The highest BCUT2D eigenvalue weighted by atomic mass is 32.2. The predicted octanol–water partition coefficient (Wildman–Crippen LogP) is -0.750. The van der Waals surface area contributed by atoms with Gasteiger partial charge in [0.1, 0.15) is 0 Å². The minimum absolute atomic E-state index is 0.195. The molecule has 0 radical (unpaired) electrons. The fraction of sp³-hybridized carbons (Fsp3) is 0.667. The lowest BCUT2D eigenvalue weighted by Crippen LogP contribution is -2.32. The molecule has 0 unspecified atom stereocenters. The van der Waals surface area contributed by atoms with E-state index in [2.05, 4.69) is 15.3 Å². The highest BCUT2D eigenvalue weighted by Gasteiger charge is 2.41. The third-order valence-electron chi connectivity index (χ3n) is 3.45. The number of rotatable bonds is 2. The van der Waals surface area contributed by atoms with Gasteiger partial charge in [-0.3, -0.25) is 0 Å². The summed E-state index contributed by atoms with van der Waals surface area (Å²) < 4.78 is 25.9. The molecule has 88 valence electrons. The summed E-state index contributed by atoms with van der Waals surface area (Å²) in [7, 11) is -3.35. The average Bonchev–Trinajstić information content (AvgIpc) is 2.94. The lowest BCUT2D eigenvalue weighted by molar-refractivity contribution is 0.446. The van der Waals surface area contributed by atoms with Gasteiger partial charge in [0, 0.05) is 13.1 Å². The van der Waals surface area contributed by atoms with Crippen LogP contribution in [0, 0.1) is 11.8 Å². The van der Waals surface area contributed by atoms with E-state index in [1.165, 1.54) is 12.5 Å². The second-order valence-electron chi connectivity index (χ2n) is 4.42. The van der Waals surface area contributed by atoms with Crippen molar-refractivity contribution in [3.8, 4) is 0 Å². The summed E-state index contributed by atoms with van der Waals surface area (Å²) in [5, 5.41) is 3.48. The molecule has 0 saturated carbocycles. The summed E-state index contributed by atoms with van der Waals surface area (Å²) in [6.45, 7) is 3.11. The minimum atomic E-state index is -3.35. The molecule has 2 fully saturated rings. The van der Waals surface area contributed by atoms with Crippen LogP contribution in [0.4, 0.5) is 0 Å². The predicted molar refractivity (Wildman–Crippen MR) is 57.2 cm³/mol. The lowest BCUT2D eigenvalue weighted by atomic mass is 10.0. The lowest BCUT2D eigenvalue weighted by Gasteiger charge is -2.15. The van der Waals surface area contributed by atoms with Gasteiger partial charge in [-0.25, -0.2) is 13.4 Å². The Balaban J connectivity index is 1.85. The molecule has 7 heteroatoms. The molecule has 0 spiro atoms. The van der Waals surface area contributed by atoms with Crippen molar-refractivity contribution in [2.45, 2.75) is 5.03 Å². The van der Waals surface area contributed by atoms with E-state index in [1.807, 2.05) is 0 Å². The van der Waals surface area contributed by atoms with Crippen LogP contribution in [0.25, 0.3) is 0 Å². The van der Waals surface area contributed by atoms with Gasteiger partial charge in [-0.15, -0.1) is 0 Å². The number of sulfonamides is 1. The van der Waals surface area contributed by atoms with Gasteiger partial charge >= 0.3 is 0 Å². The zero-order chi connectivity index (χ0) is 11.2. The third-order valence-corrected chi connectivity index (χ3v) is 5.20. The Morgan fingerprint density at radius 2 is 2.00 bits per heavy atom. The van der Waals surface area contributed by atoms with Crippen LogP contribution < -0.4 is 5.32 Å². The van der Waals surface area contributed by atoms with Crippen molar-refractivity contribution in [1.29, 1.82) is 0 Å². The number of nitrogens with zero attached hydrogens (tertiary/aromatic N) is 2. The fourth-order valence-electron chi connectivity index (χ4n) is 2.53. The Morgan fingerprint density at radius 1 is 1.31 bits per heavy atom. The number of hydrogen-bond acceptors (Lipinski definition) is 4. The first-order valence-corrected chi connectivity index (χ1v) is 6.81. The van der Waals surface area contributed by atoms with E-state index in [-0.39, 0.29) is 5.03 Å². The zero-order valence-electron chi connectivity index (χ0n) is 8.76. The molecule has 0 amide bonds. The number of hydrogen-bond donors (Lipinski definition) is 2. The molecular weight excluding hydrogens is 228 g/mol. The number of aromatic nitrogens is 2. The normalized spacial score (nSPS) is 30.8. The standard InChI is InChI=1S/C9H14N4O2S/c14-16(15,9-3-11-6-12-9)13-4-7-1-10-2-8(7)5-13/h3,6-8,10H,1-2,4-5H2,(H,11,12)/t7-,8+. The fourth-order valence-corrected chi connectivity index (χ4v) is 3.98. The van der Waals surface area contributed by atoms with Crippen molar-refractivity contribution in [2.24, 2.45) is 11.8 Å². The van der Waals surface area contributed by atoms with Crippen molar-refractivity contribution in [2.75, 3.05) is 26.2 Å². The first-order valence-electron chi connectivity index (χ1n) is 5.37. The maximum absolute atomic E-state index is 12.2. The molecule has 3 heterocycles. The maximum atomic E-state index is 12.2. The first-order chi connectivity index (χ1) is 7.68. The monoisotopic (exact) mass is 242 g/mol. The number of H-pyrrole nitrogens is 1. The SMILES string of the molecule is O=S(=O)(c1cnc[nH]1)N1C[C@H]2CNC[C@H]2C1. The van der Waals surface area contributed by atoms with Crippen molar-refractivity contribution in [3.63, 3.8) is 0 Å². The van der Waals surface area contributed by atoms with Crippen molar-refractivity contribution in [1.82, 2.24) is 19.6 Å². The smallest absolute Gasteiger partial charge is 0.260 e. The second-order valence-corrected chi connectivity index (χ2v) is 6.32. The molecule has 1 aromatic heterocycles. The first kappa shape index (κ1) is 10.2. The van der Waals surface area contributed by atoms with Crippen LogP contribution in [0.1, 0.15) is 0 Å². The van der Waals surface area contributed by atoms with E-state index in [1.54, 1.807) is 4.31 Å². The van der Waals surface area contributed by atoms with Gasteiger partial charge in [0.15, 0.2) is 5.03 Å². The molecule has 2 atom stereocenters. The van der Waals surface area contributed by atoms with Gasteiger partial charge in [-0.1, -0.05) is 0 Å². The third kappa shape index (κ3) is 1.47. The Kier molecular flexibility index (Phi) is 2.27. The van der Waals surface area contributed by atoms with Crippen molar-refractivity contribution >= 4 is 10.0 Å². The summed E-state index contributed by atoms with van der Waals surface area (Å²) >= 11 is 0. The number of fused-ring (bicyclic) bond motifs is 1. The summed E-state index contributed by atoms with van der Waals surface area (Å²) in [5.74, 6) is 0.940. The molecule has 0 bridgehead atoms. The molecule has 3 rings (SSSR count). The van der Waals surface area contributed by atoms with Gasteiger partial charge in [0.25, 0.3) is 10.0 Å². The molecular formula is C9H14N4O2S. The van der Waals surface area contributed by atoms with E-state index in [0.29, 0.717) is 24.9 Å². The molecule has 16 heavy (non-hydrogen) atoms. The maximum Gasteiger partial charge on any atom is 0.260 e. The van der Waals surface area contributed by atoms with Gasteiger partial charge < -0.3 is 10.3 Å². The van der Waals surface area contributed by atoms with Crippen LogP contribution in [0.3, 0.4) is 0 Å². The van der Waals surface area contributed by atoms with E-state index >= 15 is 0 Å². The van der Waals surface area contributed by atoms with Gasteiger partial charge in [-0.2, -0.15) is 4.31 Å². The number of aromatic amines is 1. The van der Waals surface area contributed by atoms with Crippen molar-refractivity contribution in [3.05, 3.63) is 12.5 Å². The summed E-state index contributed by atoms with van der Waals surface area (Å²) in [6, 6.07) is 0. The van der Waals surface area contributed by atoms with E-state index in [4.69, 9.17) is 0 Å². The molecule has 1 aromatic rings. The molecule has 0 aliphatic carbocycles.